The fraction of sp³-hybridized carbons (Fsp3) is 0.0175. The molecule has 11 rings (SSSR count). The molecule has 0 aromatic heterocycles. The summed E-state index contributed by atoms with van der Waals surface area (Å²) in [6.45, 7) is 2.53. The second kappa shape index (κ2) is 13.8. The van der Waals surface area contributed by atoms with E-state index in [0.717, 1.165) is 0 Å². The molecule has 0 aliphatic carbocycles. The summed E-state index contributed by atoms with van der Waals surface area (Å²) in [6, 6.07) is 83.8. The molecule has 0 amide bonds. The van der Waals surface area contributed by atoms with Crippen molar-refractivity contribution in [3.8, 4) is 33.4 Å². The third-order valence-corrected chi connectivity index (χ3v) is 17.0. The van der Waals surface area contributed by atoms with E-state index in [4.69, 9.17) is 0 Å². The molecule has 0 unspecified atom stereocenters. The van der Waals surface area contributed by atoms with Crippen molar-refractivity contribution < 1.29 is 0 Å². The lowest BCUT2D eigenvalue weighted by molar-refractivity contribution is 1.61. The SMILES string of the molecule is C[Si](c1cccc(-c2ccc(-c3c4ccccc4c(-c4ccc5ccccc5c4)c4ccccc34)cc2)c1)(c1ccc2ccccc2c1)c1ccc2ccccc2c1. The van der Waals surface area contributed by atoms with Crippen LogP contribution in [0.25, 0.3) is 87.2 Å². The molecular formula is C57H40Si. The van der Waals surface area contributed by atoms with Crippen molar-refractivity contribution in [3.63, 3.8) is 0 Å². The molecule has 0 radical (unpaired) electrons. The van der Waals surface area contributed by atoms with Crippen molar-refractivity contribution in [2.24, 2.45) is 0 Å². The molecule has 0 heterocycles. The molecule has 0 saturated heterocycles. The zero-order valence-electron chi connectivity index (χ0n) is 32.4. The van der Waals surface area contributed by atoms with E-state index < -0.39 is 8.07 Å². The maximum absolute atomic E-state index is 2.53. The summed E-state index contributed by atoms with van der Waals surface area (Å²) >= 11 is 0. The number of rotatable bonds is 6. The first-order valence-electron chi connectivity index (χ1n) is 20.2. The summed E-state index contributed by atoms with van der Waals surface area (Å²) in [6.07, 6.45) is 0. The van der Waals surface area contributed by atoms with Crippen LogP contribution < -0.4 is 15.6 Å². The maximum atomic E-state index is 2.53. The smallest absolute Gasteiger partial charge is 0.0622 e. The molecule has 58 heavy (non-hydrogen) atoms. The Morgan fingerprint density at radius 2 is 0.621 bits per heavy atom. The standard InChI is InChI=1S/C57H40Si/c1-58(50-33-31-40-14-3-6-17-45(40)37-50,51-34-32-41-15-4-7-18-46(41)38-51)49-20-12-19-47(36-49)42-25-28-43(29-26-42)56-52-21-8-10-23-54(52)57(55-24-11-9-22-53(55)56)48-30-27-39-13-2-5-16-44(39)35-48/h2-38H,1H3. The summed E-state index contributed by atoms with van der Waals surface area (Å²) in [4.78, 5) is 0. The molecule has 0 fully saturated rings. The van der Waals surface area contributed by atoms with Gasteiger partial charge < -0.3 is 0 Å². The molecular weight excluding hydrogens is 713 g/mol. The number of hydrogen-bond acceptors (Lipinski definition) is 0. The third kappa shape index (κ3) is 5.66. The van der Waals surface area contributed by atoms with E-state index in [1.807, 2.05) is 0 Å². The molecule has 11 aromatic rings. The Hall–Kier alpha value is -7.06. The van der Waals surface area contributed by atoms with Crippen molar-refractivity contribution in [2.75, 3.05) is 0 Å². The minimum absolute atomic E-state index is 1.22. The zero-order valence-corrected chi connectivity index (χ0v) is 33.4. The van der Waals surface area contributed by atoms with Crippen LogP contribution in [0.15, 0.2) is 224 Å². The summed E-state index contributed by atoms with van der Waals surface area (Å²) in [5.74, 6) is 0. The topological polar surface area (TPSA) is 0 Å². The predicted molar refractivity (Wildman–Crippen MR) is 254 cm³/mol. The molecule has 1 heteroatoms. The molecule has 272 valence electrons. The third-order valence-electron chi connectivity index (χ3n) is 12.6. The molecule has 0 nitrogen and oxygen atoms in total. The molecule has 0 aliphatic heterocycles. The van der Waals surface area contributed by atoms with Crippen molar-refractivity contribution in [3.05, 3.63) is 224 Å². The van der Waals surface area contributed by atoms with Gasteiger partial charge >= 0.3 is 0 Å². The Bertz CT molecular complexity index is 3220. The van der Waals surface area contributed by atoms with Crippen molar-refractivity contribution in [1.29, 1.82) is 0 Å². The minimum atomic E-state index is -2.45. The summed E-state index contributed by atoms with van der Waals surface area (Å²) in [5, 5.41) is 17.0. The molecule has 0 bridgehead atoms. The predicted octanol–water partition coefficient (Wildman–Crippen LogP) is 13.6. The molecule has 0 atom stereocenters. The Labute approximate surface area is 340 Å². The van der Waals surface area contributed by atoms with Gasteiger partial charge in [-0.05, 0) is 109 Å². The maximum Gasteiger partial charge on any atom is 0.145 e. The summed E-state index contributed by atoms with van der Waals surface area (Å²) in [7, 11) is -2.45. The van der Waals surface area contributed by atoms with Crippen LogP contribution in [0.3, 0.4) is 0 Å². The monoisotopic (exact) mass is 752 g/mol. The molecule has 0 N–H and O–H groups in total. The molecule has 11 aromatic carbocycles. The highest BCUT2D eigenvalue weighted by atomic mass is 28.3. The van der Waals surface area contributed by atoms with E-state index in [2.05, 4.69) is 231 Å². The Kier molecular flexibility index (Phi) is 8.17. The lowest BCUT2D eigenvalue weighted by Gasteiger charge is -2.30. The van der Waals surface area contributed by atoms with Gasteiger partial charge in [0.15, 0.2) is 0 Å². The van der Waals surface area contributed by atoms with Gasteiger partial charge in [-0.2, -0.15) is 0 Å². The van der Waals surface area contributed by atoms with E-state index in [1.165, 1.54) is 103 Å². The van der Waals surface area contributed by atoms with Crippen LogP contribution in [0.1, 0.15) is 0 Å². The molecule has 0 spiro atoms. The van der Waals surface area contributed by atoms with Gasteiger partial charge in [0.25, 0.3) is 0 Å². The van der Waals surface area contributed by atoms with E-state index in [9.17, 15) is 0 Å². The second-order valence-electron chi connectivity index (χ2n) is 15.8. The summed E-state index contributed by atoms with van der Waals surface area (Å²) in [5.41, 5.74) is 7.51. The van der Waals surface area contributed by atoms with Crippen molar-refractivity contribution >= 4 is 77.5 Å². The van der Waals surface area contributed by atoms with E-state index in [-0.39, 0.29) is 0 Å². The largest absolute Gasteiger partial charge is 0.145 e. The second-order valence-corrected chi connectivity index (χ2v) is 19.8. The lowest BCUT2D eigenvalue weighted by Crippen LogP contribution is -2.64. The van der Waals surface area contributed by atoms with E-state index in [0.29, 0.717) is 0 Å². The Morgan fingerprint density at radius 3 is 1.14 bits per heavy atom. The number of hydrogen-bond donors (Lipinski definition) is 0. The van der Waals surface area contributed by atoms with Gasteiger partial charge in [0.05, 0.1) is 0 Å². The van der Waals surface area contributed by atoms with Gasteiger partial charge in [-0.3, -0.25) is 0 Å². The first-order valence-corrected chi connectivity index (χ1v) is 22.7. The van der Waals surface area contributed by atoms with Crippen LogP contribution in [0, 0.1) is 0 Å². The van der Waals surface area contributed by atoms with Gasteiger partial charge in [0, 0.05) is 0 Å². The quantitative estimate of drug-likeness (QED) is 0.0901. The highest BCUT2D eigenvalue weighted by molar-refractivity contribution is 7.10. The van der Waals surface area contributed by atoms with Gasteiger partial charge in [0.2, 0.25) is 0 Å². The van der Waals surface area contributed by atoms with Crippen LogP contribution in [-0.4, -0.2) is 8.07 Å². The first-order chi connectivity index (χ1) is 28.6. The average Bonchev–Trinajstić information content (AvgIpc) is 3.30. The number of fused-ring (bicyclic) bond motifs is 5. The van der Waals surface area contributed by atoms with Crippen molar-refractivity contribution in [1.82, 2.24) is 0 Å². The fourth-order valence-electron chi connectivity index (χ4n) is 9.44. The van der Waals surface area contributed by atoms with Gasteiger partial charge in [-0.15, -0.1) is 0 Å². The van der Waals surface area contributed by atoms with Crippen LogP contribution >= 0.6 is 0 Å². The van der Waals surface area contributed by atoms with Crippen LogP contribution in [0.5, 0.6) is 0 Å². The van der Waals surface area contributed by atoms with Crippen LogP contribution in [0.4, 0.5) is 0 Å². The molecule has 0 aliphatic rings. The zero-order chi connectivity index (χ0) is 38.6. The van der Waals surface area contributed by atoms with Gasteiger partial charge in [-0.25, -0.2) is 0 Å². The van der Waals surface area contributed by atoms with Gasteiger partial charge in [-0.1, -0.05) is 225 Å². The van der Waals surface area contributed by atoms with Gasteiger partial charge in [0.1, 0.15) is 8.07 Å². The fourth-order valence-corrected chi connectivity index (χ4v) is 13.0. The Balaban J connectivity index is 1.04. The van der Waals surface area contributed by atoms with Crippen molar-refractivity contribution in [2.45, 2.75) is 6.55 Å². The van der Waals surface area contributed by atoms with E-state index in [1.54, 1.807) is 0 Å². The number of benzene rings is 11. The van der Waals surface area contributed by atoms with Crippen LogP contribution in [-0.2, 0) is 0 Å². The summed E-state index contributed by atoms with van der Waals surface area (Å²) < 4.78 is 0. The van der Waals surface area contributed by atoms with E-state index >= 15 is 0 Å². The first kappa shape index (κ1) is 34.2. The minimum Gasteiger partial charge on any atom is -0.0622 e. The normalized spacial score (nSPS) is 11.9. The highest BCUT2D eigenvalue weighted by Gasteiger charge is 2.35. The highest BCUT2D eigenvalue weighted by Crippen LogP contribution is 2.44. The Morgan fingerprint density at radius 1 is 0.241 bits per heavy atom. The lowest BCUT2D eigenvalue weighted by atomic mass is 9.85. The average molecular weight is 753 g/mol. The van der Waals surface area contributed by atoms with Crippen LogP contribution in [0.2, 0.25) is 6.55 Å². The molecule has 0 saturated carbocycles.